The van der Waals surface area contributed by atoms with Gasteiger partial charge in [-0.3, -0.25) is 0 Å². The van der Waals surface area contributed by atoms with Gasteiger partial charge in [-0.1, -0.05) is 61.0 Å². The van der Waals surface area contributed by atoms with Gasteiger partial charge < -0.3 is 5.41 Å². The van der Waals surface area contributed by atoms with Crippen LogP contribution in [0.25, 0.3) is 0 Å². The van der Waals surface area contributed by atoms with Gasteiger partial charge in [0.25, 0.3) is 0 Å². The molecule has 0 fully saturated rings. The number of benzene rings is 3. The van der Waals surface area contributed by atoms with Crippen LogP contribution in [0, 0.1) is 5.41 Å². The van der Waals surface area contributed by atoms with Crippen molar-refractivity contribution in [3.8, 4) is 0 Å². The molecule has 27 heavy (non-hydrogen) atoms. The van der Waals surface area contributed by atoms with Gasteiger partial charge in [0, 0.05) is 0 Å². The van der Waals surface area contributed by atoms with E-state index in [-0.39, 0.29) is 0 Å². The van der Waals surface area contributed by atoms with Crippen LogP contribution in [0.3, 0.4) is 0 Å². The first kappa shape index (κ1) is 19.5. The van der Waals surface area contributed by atoms with Crippen LogP contribution in [0.2, 0.25) is 0 Å². The summed E-state index contributed by atoms with van der Waals surface area (Å²) < 4.78 is 0. The predicted molar refractivity (Wildman–Crippen MR) is 122 cm³/mol. The van der Waals surface area contributed by atoms with Gasteiger partial charge in [0.05, 0.1) is 6.16 Å². The Balaban J connectivity index is 1.99. The molecule has 3 aromatic carbocycles. The Bertz CT molecular complexity index is 703. The first-order chi connectivity index (χ1) is 13.4. The fraction of sp³-hybridized carbons (Fsp3) is 0.240. The summed E-state index contributed by atoms with van der Waals surface area (Å²) in [5, 5.41) is 11.6. The monoisotopic (exact) mass is 374 g/mol. The van der Waals surface area contributed by atoms with E-state index in [0.717, 1.165) is 12.8 Å². The highest BCUT2D eigenvalue weighted by atomic mass is 31.2. The largest absolute Gasteiger partial charge is 0.313 e. The number of nitrogens with one attached hydrogen (secondary N) is 1. The molecule has 0 bridgehead atoms. The van der Waals surface area contributed by atoms with E-state index in [1.54, 1.807) is 0 Å². The molecule has 1 N–H and O–H groups in total. The molecular weight excluding hydrogens is 345 g/mol. The fourth-order valence-electron chi connectivity index (χ4n) is 3.83. The molecule has 0 spiro atoms. The molecule has 0 aliphatic rings. The van der Waals surface area contributed by atoms with Crippen molar-refractivity contribution in [1.29, 1.82) is 5.41 Å². The second kappa shape index (κ2) is 10.2. The van der Waals surface area contributed by atoms with E-state index < -0.39 is 7.26 Å². The van der Waals surface area contributed by atoms with Crippen molar-refractivity contribution in [2.45, 2.75) is 32.1 Å². The molecule has 138 valence electrons. The third-order valence-corrected chi connectivity index (χ3v) is 9.71. The van der Waals surface area contributed by atoms with Crippen molar-refractivity contribution in [1.82, 2.24) is 0 Å². The van der Waals surface area contributed by atoms with E-state index in [0.29, 0.717) is 0 Å². The summed E-state index contributed by atoms with van der Waals surface area (Å²) in [5.41, 5.74) is 0. The van der Waals surface area contributed by atoms with Gasteiger partial charge in [-0.2, -0.15) is 0 Å². The Morgan fingerprint density at radius 2 is 0.963 bits per heavy atom. The molecule has 0 unspecified atom stereocenters. The summed E-state index contributed by atoms with van der Waals surface area (Å²) in [7, 11) is -1.65. The van der Waals surface area contributed by atoms with Crippen molar-refractivity contribution in [3.63, 3.8) is 0 Å². The zero-order chi connectivity index (χ0) is 18.8. The van der Waals surface area contributed by atoms with Gasteiger partial charge in [-0.25, -0.2) is 0 Å². The number of unbranched alkanes of at least 4 members (excludes halogenated alkanes) is 4. The van der Waals surface area contributed by atoms with Crippen LogP contribution in [0.4, 0.5) is 0 Å². The minimum absolute atomic E-state index is 0.913. The predicted octanol–water partition coefficient (Wildman–Crippen LogP) is 5.58. The number of rotatable bonds is 10. The molecule has 1 nitrogen and oxygen atoms in total. The van der Waals surface area contributed by atoms with E-state index >= 15 is 0 Å². The molecule has 0 aromatic heterocycles. The Labute approximate surface area is 164 Å². The molecule has 0 saturated heterocycles. The molecule has 0 radical (unpaired) electrons. The summed E-state index contributed by atoms with van der Waals surface area (Å²) in [5.74, 6) is 0. The number of hydrogen-bond donors (Lipinski definition) is 1. The molecule has 0 aliphatic carbocycles. The molecule has 3 aromatic rings. The van der Waals surface area contributed by atoms with Gasteiger partial charge in [-0.15, -0.1) is 0 Å². The Morgan fingerprint density at radius 1 is 0.556 bits per heavy atom. The van der Waals surface area contributed by atoms with Gasteiger partial charge in [0.1, 0.15) is 23.2 Å². The van der Waals surface area contributed by atoms with Crippen molar-refractivity contribution in [2.75, 3.05) is 6.16 Å². The first-order valence-electron chi connectivity index (χ1n) is 9.92. The lowest BCUT2D eigenvalue weighted by Gasteiger charge is -2.27. The van der Waals surface area contributed by atoms with Crippen LogP contribution in [-0.2, 0) is 0 Å². The van der Waals surface area contributed by atoms with E-state index in [2.05, 4.69) is 91.0 Å². The van der Waals surface area contributed by atoms with Crippen molar-refractivity contribution >= 4 is 29.4 Å². The van der Waals surface area contributed by atoms with Gasteiger partial charge in [0.15, 0.2) is 0 Å². The lowest BCUT2D eigenvalue weighted by atomic mass is 10.2. The van der Waals surface area contributed by atoms with Gasteiger partial charge in [0.2, 0.25) is 0 Å². The first-order valence-corrected chi connectivity index (χ1v) is 11.9. The minimum atomic E-state index is -1.65. The third kappa shape index (κ3) is 4.73. The zero-order valence-corrected chi connectivity index (χ0v) is 16.8. The highest BCUT2D eigenvalue weighted by Crippen LogP contribution is 2.55. The maximum Gasteiger partial charge on any atom is 0.112 e. The lowest BCUT2D eigenvalue weighted by Crippen LogP contribution is -2.33. The maximum absolute atomic E-state index is 7.20. The Kier molecular flexibility index (Phi) is 7.36. The molecule has 2 heteroatoms. The second-order valence-electron chi connectivity index (χ2n) is 6.95. The minimum Gasteiger partial charge on any atom is -0.313 e. The summed E-state index contributed by atoms with van der Waals surface area (Å²) in [6, 6.07) is 33.4. The summed E-state index contributed by atoms with van der Waals surface area (Å²) in [4.78, 5) is 0. The maximum atomic E-state index is 7.20. The van der Waals surface area contributed by atoms with Gasteiger partial charge in [-0.05, 0) is 68.3 Å². The quantitative estimate of drug-likeness (QED) is 0.272. The van der Waals surface area contributed by atoms with Crippen molar-refractivity contribution < 1.29 is 0 Å². The number of hydrogen-bond acceptors (Lipinski definition) is 1. The average molecular weight is 374 g/mol. The highest BCUT2D eigenvalue weighted by molar-refractivity contribution is 7.95. The highest BCUT2D eigenvalue weighted by Gasteiger charge is 2.44. The standard InChI is InChI=1S/C25H29NP/c26-21-13-2-1-3-14-22-27(23-15-7-4-8-16-23,24-17-9-5-10-18-24)25-19-11-6-12-20-25/h4-12,15-21,26H,1-3,13-14,22H2/q+1. The zero-order valence-electron chi connectivity index (χ0n) is 15.9. The molecule has 0 saturated carbocycles. The van der Waals surface area contributed by atoms with E-state index in [9.17, 15) is 0 Å². The Morgan fingerprint density at radius 3 is 1.37 bits per heavy atom. The van der Waals surface area contributed by atoms with Crippen LogP contribution < -0.4 is 15.9 Å². The smallest absolute Gasteiger partial charge is 0.112 e. The van der Waals surface area contributed by atoms with Crippen LogP contribution in [0.5, 0.6) is 0 Å². The third-order valence-electron chi connectivity index (χ3n) is 5.18. The average Bonchev–Trinajstić information content (AvgIpc) is 2.75. The summed E-state index contributed by atoms with van der Waals surface area (Å²) in [6.45, 7) is 0. The van der Waals surface area contributed by atoms with E-state index in [4.69, 9.17) is 5.41 Å². The van der Waals surface area contributed by atoms with Crippen LogP contribution in [0.15, 0.2) is 91.0 Å². The summed E-state index contributed by atoms with van der Waals surface area (Å²) in [6.07, 6.45) is 8.47. The molecule has 0 aliphatic heterocycles. The summed E-state index contributed by atoms with van der Waals surface area (Å²) >= 11 is 0. The van der Waals surface area contributed by atoms with E-state index in [1.807, 2.05) is 0 Å². The van der Waals surface area contributed by atoms with Crippen LogP contribution in [-0.4, -0.2) is 12.4 Å². The Hall–Kier alpha value is -2.24. The molecular formula is C25H29NP+. The lowest BCUT2D eigenvalue weighted by molar-refractivity contribution is 0.687. The molecule has 0 atom stereocenters. The van der Waals surface area contributed by atoms with Crippen molar-refractivity contribution in [3.05, 3.63) is 91.0 Å². The molecule has 0 heterocycles. The normalized spacial score (nSPS) is 11.3. The van der Waals surface area contributed by atoms with Crippen LogP contribution >= 0.6 is 7.26 Å². The molecule has 3 rings (SSSR count). The van der Waals surface area contributed by atoms with Crippen molar-refractivity contribution in [2.24, 2.45) is 0 Å². The second-order valence-corrected chi connectivity index (χ2v) is 10.6. The SMILES string of the molecule is N=CCCCCCC[P+](c1ccccc1)(c1ccccc1)c1ccccc1. The molecule has 0 amide bonds. The van der Waals surface area contributed by atoms with E-state index in [1.165, 1.54) is 47.6 Å². The van der Waals surface area contributed by atoms with Gasteiger partial charge >= 0.3 is 0 Å². The topological polar surface area (TPSA) is 23.9 Å². The van der Waals surface area contributed by atoms with Crippen LogP contribution in [0.1, 0.15) is 32.1 Å². The fourth-order valence-corrected chi connectivity index (χ4v) is 8.24.